The van der Waals surface area contributed by atoms with Crippen LogP contribution >= 0.6 is 11.3 Å². The number of nitrogens with one attached hydrogen (secondary N) is 1. The van der Waals surface area contributed by atoms with E-state index in [1.54, 1.807) is 29.5 Å². The molecule has 3 aromatic rings. The Morgan fingerprint density at radius 1 is 1.03 bits per heavy atom. The second-order valence-corrected chi connectivity index (χ2v) is 8.23. The Labute approximate surface area is 197 Å². The molecule has 1 saturated heterocycles. The van der Waals surface area contributed by atoms with Crippen LogP contribution in [0.5, 0.6) is 11.5 Å². The van der Waals surface area contributed by atoms with E-state index in [9.17, 15) is 22.8 Å². The predicted molar refractivity (Wildman–Crippen MR) is 121 cm³/mol. The van der Waals surface area contributed by atoms with E-state index in [2.05, 4.69) is 5.43 Å². The summed E-state index contributed by atoms with van der Waals surface area (Å²) < 4.78 is 50.6. The molecule has 4 rings (SSSR count). The summed E-state index contributed by atoms with van der Waals surface area (Å²) >= 11 is 1.56. The van der Waals surface area contributed by atoms with Crippen molar-refractivity contribution in [2.75, 3.05) is 11.6 Å². The minimum Gasteiger partial charge on any atom is -0.490 e. The van der Waals surface area contributed by atoms with Crippen molar-refractivity contribution in [3.8, 4) is 11.5 Å². The molecular weight excluding hydrogens is 469 g/mol. The van der Waals surface area contributed by atoms with Gasteiger partial charge in [0.25, 0.3) is 11.8 Å². The van der Waals surface area contributed by atoms with Gasteiger partial charge in [-0.1, -0.05) is 18.2 Å². The fourth-order valence-electron chi connectivity index (χ4n) is 3.27. The van der Waals surface area contributed by atoms with Crippen molar-refractivity contribution < 1.29 is 32.2 Å². The van der Waals surface area contributed by atoms with Gasteiger partial charge < -0.3 is 9.47 Å². The number of carbonyl (C=O) groups excluding carboxylic acids is 2. The van der Waals surface area contributed by atoms with Crippen LogP contribution in [0.4, 0.5) is 18.9 Å². The molecule has 1 aromatic heterocycles. The maximum absolute atomic E-state index is 13.0. The summed E-state index contributed by atoms with van der Waals surface area (Å²) in [5.74, 6) is -0.544. The molecule has 1 aliphatic heterocycles. The molecule has 2 amide bonds. The van der Waals surface area contributed by atoms with E-state index in [0.717, 1.165) is 22.0 Å². The van der Waals surface area contributed by atoms with Crippen molar-refractivity contribution in [3.05, 3.63) is 81.6 Å². The maximum atomic E-state index is 13.0. The van der Waals surface area contributed by atoms with Gasteiger partial charge in [-0.15, -0.1) is 11.3 Å². The summed E-state index contributed by atoms with van der Waals surface area (Å²) in [6.45, 7) is 2.55. The molecule has 176 valence electrons. The molecule has 0 spiro atoms. The molecule has 0 unspecified atom stereocenters. The lowest BCUT2D eigenvalue weighted by atomic mass is 10.1. The summed E-state index contributed by atoms with van der Waals surface area (Å²) in [4.78, 5) is 26.3. The van der Waals surface area contributed by atoms with Crippen molar-refractivity contribution >= 4 is 34.9 Å². The van der Waals surface area contributed by atoms with Crippen LogP contribution in [0.2, 0.25) is 0 Å². The number of nitrogens with zero attached hydrogens (tertiary/aromatic N) is 1. The summed E-state index contributed by atoms with van der Waals surface area (Å²) in [7, 11) is 0. The van der Waals surface area contributed by atoms with Gasteiger partial charge in [0.2, 0.25) is 0 Å². The van der Waals surface area contributed by atoms with Gasteiger partial charge in [-0.05, 0) is 60.3 Å². The van der Waals surface area contributed by atoms with Gasteiger partial charge in [0.05, 0.1) is 17.9 Å². The number of anilines is 1. The third kappa shape index (κ3) is 5.07. The minimum atomic E-state index is -4.58. The van der Waals surface area contributed by atoms with Gasteiger partial charge in [-0.3, -0.25) is 15.0 Å². The summed E-state index contributed by atoms with van der Waals surface area (Å²) in [5, 5.41) is 2.75. The molecule has 0 aliphatic carbocycles. The number of rotatable bonds is 7. The quantitative estimate of drug-likeness (QED) is 0.367. The van der Waals surface area contributed by atoms with Crippen molar-refractivity contribution in [2.24, 2.45) is 0 Å². The monoisotopic (exact) mass is 488 g/mol. The van der Waals surface area contributed by atoms with Gasteiger partial charge in [0.1, 0.15) is 12.2 Å². The Balaban J connectivity index is 1.58. The van der Waals surface area contributed by atoms with Crippen LogP contribution in [0.3, 0.4) is 0 Å². The third-order valence-corrected chi connectivity index (χ3v) is 5.70. The molecule has 2 aromatic carbocycles. The average Bonchev–Trinajstić information content (AvgIpc) is 3.42. The zero-order valence-electron chi connectivity index (χ0n) is 17.9. The van der Waals surface area contributed by atoms with Gasteiger partial charge in [0.15, 0.2) is 11.5 Å². The highest BCUT2D eigenvalue weighted by Crippen LogP contribution is 2.33. The molecule has 0 bridgehead atoms. The van der Waals surface area contributed by atoms with Crippen LogP contribution < -0.4 is 19.9 Å². The molecular formula is C24H19F3N2O4S. The van der Waals surface area contributed by atoms with Gasteiger partial charge >= 0.3 is 6.18 Å². The zero-order chi connectivity index (χ0) is 24.3. The largest absolute Gasteiger partial charge is 0.490 e. The smallest absolute Gasteiger partial charge is 0.416 e. The van der Waals surface area contributed by atoms with Gasteiger partial charge in [-0.25, -0.2) is 5.01 Å². The number of halogens is 3. The normalized spacial score (nSPS) is 15.1. The Morgan fingerprint density at radius 3 is 2.56 bits per heavy atom. The van der Waals surface area contributed by atoms with E-state index in [0.29, 0.717) is 30.3 Å². The Bertz CT molecular complexity index is 1240. The van der Waals surface area contributed by atoms with Crippen LogP contribution in [0, 0.1) is 0 Å². The van der Waals surface area contributed by atoms with Crippen LogP contribution in [0.15, 0.2) is 65.6 Å². The van der Waals surface area contributed by atoms with Crippen molar-refractivity contribution in [3.63, 3.8) is 0 Å². The van der Waals surface area contributed by atoms with E-state index >= 15 is 0 Å². The first-order valence-corrected chi connectivity index (χ1v) is 11.1. The summed E-state index contributed by atoms with van der Waals surface area (Å²) in [6, 6.07) is 13.0. The maximum Gasteiger partial charge on any atom is 0.416 e. The van der Waals surface area contributed by atoms with Crippen LogP contribution in [0.25, 0.3) is 6.08 Å². The molecule has 0 atom stereocenters. The van der Waals surface area contributed by atoms with Gasteiger partial charge in [0, 0.05) is 4.88 Å². The van der Waals surface area contributed by atoms with Crippen LogP contribution in [-0.2, 0) is 22.4 Å². The van der Waals surface area contributed by atoms with E-state index in [1.165, 1.54) is 18.2 Å². The Hall–Kier alpha value is -3.79. The minimum absolute atomic E-state index is 0.0936. The number of alkyl halides is 3. The van der Waals surface area contributed by atoms with Gasteiger partial charge in [-0.2, -0.15) is 13.2 Å². The number of ether oxygens (including phenoxy) is 2. The lowest BCUT2D eigenvalue weighted by Crippen LogP contribution is -2.35. The molecule has 1 fully saturated rings. The summed E-state index contributed by atoms with van der Waals surface area (Å²) in [6.07, 6.45) is -3.22. The average molecular weight is 488 g/mol. The van der Waals surface area contributed by atoms with Crippen molar-refractivity contribution in [2.45, 2.75) is 19.7 Å². The number of carbonyl (C=O) groups is 2. The molecule has 0 radical (unpaired) electrons. The highest BCUT2D eigenvalue weighted by molar-refractivity contribution is 7.09. The molecule has 6 nitrogen and oxygen atoms in total. The molecule has 0 saturated carbocycles. The highest BCUT2D eigenvalue weighted by Gasteiger charge is 2.36. The van der Waals surface area contributed by atoms with E-state index in [-0.39, 0.29) is 11.3 Å². The Kier molecular flexibility index (Phi) is 6.60. The fourth-order valence-corrected chi connectivity index (χ4v) is 3.89. The number of hydrogen-bond donors (Lipinski definition) is 1. The Morgan fingerprint density at radius 2 is 1.85 bits per heavy atom. The van der Waals surface area contributed by atoms with E-state index < -0.39 is 23.6 Å². The van der Waals surface area contributed by atoms with Crippen LogP contribution in [-0.4, -0.2) is 18.4 Å². The molecule has 2 heterocycles. The van der Waals surface area contributed by atoms with Crippen LogP contribution in [0.1, 0.15) is 22.9 Å². The first kappa shape index (κ1) is 23.4. The molecule has 10 heteroatoms. The first-order chi connectivity index (χ1) is 16.3. The number of hydrogen-bond acceptors (Lipinski definition) is 5. The number of benzene rings is 2. The zero-order valence-corrected chi connectivity index (χ0v) is 18.7. The lowest BCUT2D eigenvalue weighted by Gasteiger charge is -2.16. The molecule has 1 N–H and O–H groups in total. The molecule has 34 heavy (non-hydrogen) atoms. The van der Waals surface area contributed by atoms with E-state index in [4.69, 9.17) is 9.47 Å². The lowest BCUT2D eigenvalue weighted by molar-refractivity contribution is -0.137. The topological polar surface area (TPSA) is 67.9 Å². The first-order valence-electron chi connectivity index (χ1n) is 10.2. The predicted octanol–water partition coefficient (Wildman–Crippen LogP) is 5.21. The summed E-state index contributed by atoms with van der Waals surface area (Å²) in [5.41, 5.74) is 1.57. The standard InChI is InChI=1S/C24H19F3N2O4S/c1-2-32-21-12-15(8-9-20(21)33-14-18-7-4-10-34-18)11-19-22(30)28-29(23(19)31)17-6-3-5-16(13-17)24(25,26)27/h3-13H,2,14H2,1H3,(H,28,30)/b19-11+. The number of hydrazine groups is 1. The van der Waals surface area contributed by atoms with E-state index in [1.807, 2.05) is 24.4 Å². The number of amides is 2. The molecule has 1 aliphatic rings. The fraction of sp³-hybridized carbons (Fsp3) is 0.167. The highest BCUT2D eigenvalue weighted by atomic mass is 32.1. The second-order valence-electron chi connectivity index (χ2n) is 7.19. The second kappa shape index (κ2) is 9.60. The van der Waals surface area contributed by atoms with Crippen molar-refractivity contribution in [1.29, 1.82) is 0 Å². The SMILES string of the molecule is CCOc1cc(/C=C2\C(=O)NN(c3cccc(C(F)(F)F)c3)C2=O)ccc1OCc1cccs1. The van der Waals surface area contributed by atoms with Crippen molar-refractivity contribution in [1.82, 2.24) is 5.43 Å². The third-order valence-electron chi connectivity index (χ3n) is 4.85. The number of thiophene rings is 1.